The van der Waals surface area contributed by atoms with Crippen LogP contribution >= 0.6 is 0 Å². The van der Waals surface area contributed by atoms with Gasteiger partial charge in [0.15, 0.2) is 5.96 Å². The Morgan fingerprint density at radius 3 is 2.72 bits per heavy atom. The fourth-order valence-electron chi connectivity index (χ4n) is 2.75. The molecule has 2 aromatic rings. The maximum Gasteiger partial charge on any atom is 0.191 e. The number of anilines is 1. The van der Waals surface area contributed by atoms with Crippen LogP contribution in [-0.2, 0) is 13.5 Å². The molecule has 6 nitrogen and oxygen atoms in total. The van der Waals surface area contributed by atoms with Crippen molar-refractivity contribution in [3.63, 3.8) is 0 Å². The minimum absolute atomic E-state index is 0.834. The highest BCUT2D eigenvalue weighted by atomic mass is 15.2. The molecule has 25 heavy (non-hydrogen) atoms. The molecule has 0 unspecified atom stereocenters. The predicted octanol–water partition coefficient (Wildman–Crippen LogP) is 1.96. The van der Waals surface area contributed by atoms with Crippen LogP contribution in [0.25, 0.3) is 0 Å². The van der Waals surface area contributed by atoms with Crippen molar-refractivity contribution in [3.05, 3.63) is 47.8 Å². The minimum Gasteiger partial charge on any atom is -0.370 e. The van der Waals surface area contributed by atoms with Crippen LogP contribution in [0.4, 0.5) is 5.69 Å². The number of aryl methyl sites for hydroxylation is 2. The van der Waals surface area contributed by atoms with E-state index in [9.17, 15) is 0 Å². The van der Waals surface area contributed by atoms with Gasteiger partial charge in [0.1, 0.15) is 0 Å². The minimum atomic E-state index is 0.834. The second-order valence-corrected chi connectivity index (χ2v) is 6.12. The molecule has 0 saturated carbocycles. The lowest BCUT2D eigenvalue weighted by Crippen LogP contribution is -2.42. The molecule has 0 aliphatic rings. The van der Waals surface area contributed by atoms with E-state index >= 15 is 0 Å². The molecule has 0 bridgehead atoms. The summed E-state index contributed by atoms with van der Waals surface area (Å²) in [5.41, 5.74) is 3.78. The summed E-state index contributed by atoms with van der Waals surface area (Å²) in [6, 6.07) is 8.63. The fourth-order valence-corrected chi connectivity index (χ4v) is 2.75. The molecule has 1 aromatic heterocycles. The second kappa shape index (κ2) is 9.71. The molecule has 1 aromatic carbocycles. The summed E-state index contributed by atoms with van der Waals surface area (Å²) in [5, 5.41) is 10.9. The number of guanidine groups is 1. The summed E-state index contributed by atoms with van der Waals surface area (Å²) in [6.45, 7) is 7.91. The summed E-state index contributed by atoms with van der Waals surface area (Å²) >= 11 is 0. The van der Waals surface area contributed by atoms with Gasteiger partial charge < -0.3 is 15.5 Å². The third-order valence-electron chi connectivity index (χ3n) is 4.11. The van der Waals surface area contributed by atoms with Gasteiger partial charge in [-0.1, -0.05) is 12.1 Å². The third-order valence-corrected chi connectivity index (χ3v) is 4.11. The molecule has 136 valence electrons. The molecule has 0 fully saturated rings. The monoisotopic (exact) mass is 342 g/mol. The summed E-state index contributed by atoms with van der Waals surface area (Å²) in [4.78, 5) is 6.65. The molecule has 0 amide bonds. The van der Waals surface area contributed by atoms with Crippen molar-refractivity contribution in [1.82, 2.24) is 20.4 Å². The van der Waals surface area contributed by atoms with Crippen molar-refractivity contribution < 1.29 is 0 Å². The van der Waals surface area contributed by atoms with Crippen molar-refractivity contribution in [2.75, 3.05) is 38.1 Å². The highest BCUT2D eigenvalue weighted by Gasteiger charge is 2.05. The number of benzene rings is 1. The van der Waals surface area contributed by atoms with E-state index in [1.54, 1.807) is 7.05 Å². The quantitative estimate of drug-likeness (QED) is 0.569. The predicted molar refractivity (Wildman–Crippen MR) is 105 cm³/mol. The van der Waals surface area contributed by atoms with Gasteiger partial charge in [0.2, 0.25) is 0 Å². The number of nitrogens with one attached hydrogen (secondary N) is 2. The molecule has 0 saturated heterocycles. The van der Waals surface area contributed by atoms with Crippen molar-refractivity contribution in [3.8, 4) is 0 Å². The van der Waals surface area contributed by atoms with Gasteiger partial charge in [-0.3, -0.25) is 9.67 Å². The van der Waals surface area contributed by atoms with Gasteiger partial charge in [-0.15, -0.1) is 0 Å². The first-order valence-corrected chi connectivity index (χ1v) is 8.86. The Kier molecular flexibility index (Phi) is 7.32. The summed E-state index contributed by atoms with van der Waals surface area (Å²) in [7, 11) is 3.74. The maximum atomic E-state index is 4.29. The Morgan fingerprint density at radius 2 is 2.08 bits per heavy atom. The van der Waals surface area contributed by atoms with Crippen molar-refractivity contribution >= 4 is 11.6 Å². The number of hydrogen-bond donors (Lipinski definition) is 2. The van der Waals surface area contributed by atoms with Crippen molar-refractivity contribution in [2.45, 2.75) is 20.3 Å². The second-order valence-electron chi connectivity index (χ2n) is 6.12. The average Bonchev–Trinajstić information content (AvgIpc) is 3.02. The zero-order valence-corrected chi connectivity index (χ0v) is 15.8. The Hall–Kier alpha value is -2.50. The van der Waals surface area contributed by atoms with Crippen LogP contribution in [0.5, 0.6) is 0 Å². The Labute approximate surface area is 151 Å². The first-order valence-electron chi connectivity index (χ1n) is 8.86. The molecule has 2 N–H and O–H groups in total. The van der Waals surface area contributed by atoms with E-state index in [0.29, 0.717) is 0 Å². The van der Waals surface area contributed by atoms with Gasteiger partial charge in [0.05, 0.1) is 6.20 Å². The zero-order chi connectivity index (χ0) is 18.1. The molecule has 0 aliphatic heterocycles. The van der Waals surface area contributed by atoms with Gasteiger partial charge in [-0.05, 0) is 43.5 Å². The van der Waals surface area contributed by atoms with E-state index < -0.39 is 0 Å². The van der Waals surface area contributed by atoms with Crippen LogP contribution in [0.15, 0.2) is 41.7 Å². The summed E-state index contributed by atoms with van der Waals surface area (Å²) in [5.74, 6) is 0.837. The number of likely N-dealkylation sites (N-methyl/N-ethyl adjacent to an activating group) is 1. The van der Waals surface area contributed by atoms with E-state index in [1.165, 1.54) is 16.8 Å². The molecule has 0 spiro atoms. The number of aliphatic imine (C=N–C) groups is 1. The molecular weight excluding hydrogens is 312 g/mol. The molecular formula is C19H30N6. The highest BCUT2D eigenvalue weighted by Crippen LogP contribution is 2.14. The third kappa shape index (κ3) is 6.14. The lowest BCUT2D eigenvalue weighted by molar-refractivity contribution is 0.746. The van der Waals surface area contributed by atoms with E-state index in [-0.39, 0.29) is 0 Å². The lowest BCUT2D eigenvalue weighted by Gasteiger charge is -2.24. The maximum absolute atomic E-state index is 4.29. The van der Waals surface area contributed by atoms with E-state index in [4.69, 9.17) is 0 Å². The first-order chi connectivity index (χ1) is 12.1. The van der Waals surface area contributed by atoms with Gasteiger partial charge >= 0.3 is 0 Å². The van der Waals surface area contributed by atoms with E-state index in [0.717, 1.165) is 38.6 Å². The molecule has 2 rings (SSSR count). The first kappa shape index (κ1) is 18.8. The molecule has 1 heterocycles. The number of hydrogen-bond acceptors (Lipinski definition) is 3. The topological polar surface area (TPSA) is 57.5 Å². The van der Waals surface area contributed by atoms with Crippen LogP contribution in [0.3, 0.4) is 0 Å². The van der Waals surface area contributed by atoms with Crippen LogP contribution in [-0.4, -0.2) is 49.0 Å². The Bertz CT molecular complexity index is 676. The Morgan fingerprint density at radius 1 is 1.28 bits per heavy atom. The number of aromatic nitrogens is 2. The normalized spacial score (nSPS) is 11.4. The van der Waals surface area contributed by atoms with Gasteiger partial charge in [-0.25, -0.2) is 0 Å². The molecule has 0 aliphatic carbocycles. The lowest BCUT2D eigenvalue weighted by atomic mass is 10.2. The van der Waals surface area contributed by atoms with E-state index in [2.05, 4.69) is 63.7 Å². The van der Waals surface area contributed by atoms with Crippen LogP contribution in [0.1, 0.15) is 18.1 Å². The highest BCUT2D eigenvalue weighted by molar-refractivity contribution is 5.79. The summed E-state index contributed by atoms with van der Waals surface area (Å²) < 4.78 is 1.83. The fraction of sp³-hybridized carbons (Fsp3) is 0.474. The summed E-state index contributed by atoms with van der Waals surface area (Å²) in [6.07, 6.45) is 4.87. The van der Waals surface area contributed by atoms with Crippen LogP contribution in [0, 0.1) is 6.92 Å². The van der Waals surface area contributed by atoms with Crippen molar-refractivity contribution in [2.24, 2.45) is 12.0 Å². The molecule has 0 radical (unpaired) electrons. The van der Waals surface area contributed by atoms with Gasteiger partial charge in [0, 0.05) is 52.2 Å². The van der Waals surface area contributed by atoms with Crippen molar-refractivity contribution in [1.29, 1.82) is 0 Å². The molecule has 6 heteroatoms. The van der Waals surface area contributed by atoms with E-state index in [1.807, 2.05) is 24.1 Å². The standard InChI is InChI=1S/C19H30N6/c1-5-25(18-8-6-7-16(2)13-18)12-11-22-19(20-3)21-10-9-17-14-23-24(4)15-17/h6-8,13-15H,5,9-12H2,1-4H3,(H2,20,21,22). The van der Waals surface area contributed by atoms with Gasteiger partial charge in [-0.2, -0.15) is 5.10 Å². The largest absolute Gasteiger partial charge is 0.370 e. The van der Waals surface area contributed by atoms with Gasteiger partial charge in [0.25, 0.3) is 0 Å². The number of nitrogens with zero attached hydrogens (tertiary/aromatic N) is 4. The number of rotatable bonds is 8. The zero-order valence-electron chi connectivity index (χ0n) is 15.8. The smallest absolute Gasteiger partial charge is 0.191 e. The molecule has 0 atom stereocenters. The van der Waals surface area contributed by atoms with Crippen LogP contribution in [0.2, 0.25) is 0 Å². The SMILES string of the molecule is CCN(CCNC(=NC)NCCc1cnn(C)c1)c1cccc(C)c1. The van der Waals surface area contributed by atoms with Crippen LogP contribution < -0.4 is 15.5 Å². The average molecular weight is 342 g/mol. The Balaban J connectivity index is 1.74.